The second-order valence-electron chi connectivity index (χ2n) is 8.64. The first-order valence-electron chi connectivity index (χ1n) is 11.1. The van der Waals surface area contributed by atoms with Gasteiger partial charge in [-0.15, -0.1) is 16.4 Å². The van der Waals surface area contributed by atoms with Crippen molar-refractivity contribution in [1.82, 2.24) is 19.9 Å². The van der Waals surface area contributed by atoms with Crippen LogP contribution in [-0.2, 0) is 36.3 Å². The zero-order valence-electron chi connectivity index (χ0n) is 17.9. The van der Waals surface area contributed by atoms with Crippen LogP contribution >= 0.6 is 11.3 Å². The van der Waals surface area contributed by atoms with Gasteiger partial charge in [-0.25, -0.2) is 4.68 Å². The fraction of sp³-hybridized carbons (Fsp3) is 0.727. The first-order chi connectivity index (χ1) is 14.0. The number of nitrogens with zero attached hydrogens (tertiary/aromatic N) is 4. The maximum Gasteiger partial charge on any atom is 0.0969 e. The molecule has 4 rings (SSSR count). The topological polar surface area (TPSA) is 63.4 Å². The molecular formula is C22H34N4O2S. The van der Waals surface area contributed by atoms with E-state index in [1.807, 2.05) is 17.5 Å². The summed E-state index contributed by atoms with van der Waals surface area (Å²) in [6.07, 6.45) is 7.65. The molecule has 1 unspecified atom stereocenters. The molecule has 3 atom stereocenters. The summed E-state index contributed by atoms with van der Waals surface area (Å²) in [4.78, 5) is 5.52. The average molecular weight is 419 g/mol. The third-order valence-corrected chi connectivity index (χ3v) is 7.77. The number of hydrogen-bond donors (Lipinski definition) is 1. The molecule has 2 aromatic rings. The standard InChI is InChI=1S/C22H34N4O2S/c1-4-6-18(27)15-26-14-17(23-24-26)13-25-9-8-22(12-16(25)3)20-11-19(5-2)29-21(20)7-10-28-22/h11,14,16,18,27H,4-10,12-13,15H2,1-3H3/t16-,18?,22+/m0/s1. The maximum absolute atomic E-state index is 10.0. The van der Waals surface area contributed by atoms with Crippen LogP contribution in [-0.4, -0.2) is 50.3 Å². The first kappa shape index (κ1) is 21.0. The SMILES string of the molecule is CCCC(O)Cn1cc(CN2CC[C@]3(C[C@@H]2C)OCCc2sc(CC)cc23)nn1. The van der Waals surface area contributed by atoms with Gasteiger partial charge in [-0.2, -0.15) is 0 Å². The Balaban J connectivity index is 1.40. The van der Waals surface area contributed by atoms with Crippen molar-refractivity contribution in [3.63, 3.8) is 0 Å². The summed E-state index contributed by atoms with van der Waals surface area (Å²) in [5, 5.41) is 18.6. The van der Waals surface area contributed by atoms with Gasteiger partial charge in [0.2, 0.25) is 0 Å². The van der Waals surface area contributed by atoms with Crippen molar-refractivity contribution in [2.24, 2.45) is 0 Å². The van der Waals surface area contributed by atoms with Gasteiger partial charge < -0.3 is 9.84 Å². The van der Waals surface area contributed by atoms with Gasteiger partial charge in [0.05, 0.1) is 30.6 Å². The van der Waals surface area contributed by atoms with Crippen LogP contribution in [0.3, 0.4) is 0 Å². The van der Waals surface area contributed by atoms with Crippen molar-refractivity contribution in [1.29, 1.82) is 0 Å². The van der Waals surface area contributed by atoms with Crippen LogP contribution in [0.15, 0.2) is 12.3 Å². The molecule has 0 bridgehead atoms. The monoisotopic (exact) mass is 418 g/mol. The van der Waals surface area contributed by atoms with Crippen LogP contribution in [0.1, 0.15) is 67.5 Å². The van der Waals surface area contributed by atoms with Gasteiger partial charge in [-0.1, -0.05) is 25.5 Å². The molecule has 0 aromatic carbocycles. The highest BCUT2D eigenvalue weighted by atomic mass is 32.1. The molecule has 2 aliphatic rings. The van der Waals surface area contributed by atoms with E-state index in [-0.39, 0.29) is 11.7 Å². The zero-order chi connectivity index (χ0) is 20.4. The number of aromatic nitrogens is 3. The van der Waals surface area contributed by atoms with E-state index in [0.717, 1.165) is 63.9 Å². The van der Waals surface area contributed by atoms with Crippen molar-refractivity contribution in [3.05, 3.63) is 33.3 Å². The highest BCUT2D eigenvalue weighted by Crippen LogP contribution is 2.46. The molecule has 160 valence electrons. The minimum absolute atomic E-state index is 0.102. The lowest BCUT2D eigenvalue weighted by Crippen LogP contribution is -2.50. The van der Waals surface area contributed by atoms with Gasteiger partial charge in [0, 0.05) is 41.5 Å². The molecule has 0 aliphatic carbocycles. The Hall–Kier alpha value is -1.28. The minimum atomic E-state index is -0.348. The van der Waals surface area contributed by atoms with Gasteiger partial charge in [-0.3, -0.25) is 4.90 Å². The number of rotatable bonds is 7. The van der Waals surface area contributed by atoms with Crippen molar-refractivity contribution in [2.45, 2.75) is 90.1 Å². The van der Waals surface area contributed by atoms with Crippen molar-refractivity contribution in [2.75, 3.05) is 13.2 Å². The van der Waals surface area contributed by atoms with E-state index in [9.17, 15) is 5.11 Å². The van der Waals surface area contributed by atoms with Gasteiger partial charge >= 0.3 is 0 Å². The first-order valence-corrected chi connectivity index (χ1v) is 11.9. The lowest BCUT2D eigenvalue weighted by Gasteiger charge is -2.47. The molecule has 1 spiro atoms. The summed E-state index contributed by atoms with van der Waals surface area (Å²) in [5.41, 5.74) is 2.34. The molecule has 2 aliphatic heterocycles. The normalized spacial score (nSPS) is 26.0. The number of thiophene rings is 1. The van der Waals surface area contributed by atoms with E-state index in [0.29, 0.717) is 12.6 Å². The summed E-state index contributed by atoms with van der Waals surface area (Å²) in [7, 11) is 0. The molecule has 0 saturated carbocycles. The van der Waals surface area contributed by atoms with Gasteiger partial charge in [0.15, 0.2) is 0 Å². The van der Waals surface area contributed by atoms with E-state index in [4.69, 9.17) is 4.74 Å². The van der Waals surface area contributed by atoms with E-state index < -0.39 is 0 Å². The fourth-order valence-electron chi connectivity index (χ4n) is 4.86. The molecule has 0 amide bonds. The number of hydrogen-bond acceptors (Lipinski definition) is 6. The van der Waals surface area contributed by atoms with Crippen LogP contribution in [0, 0.1) is 0 Å². The largest absolute Gasteiger partial charge is 0.391 e. The molecule has 1 saturated heterocycles. The predicted octanol–water partition coefficient (Wildman–Crippen LogP) is 3.52. The van der Waals surface area contributed by atoms with E-state index in [1.54, 1.807) is 9.56 Å². The smallest absolute Gasteiger partial charge is 0.0969 e. The lowest BCUT2D eigenvalue weighted by molar-refractivity contribution is -0.112. The summed E-state index contributed by atoms with van der Waals surface area (Å²) >= 11 is 1.98. The molecule has 1 fully saturated rings. The third kappa shape index (κ3) is 4.43. The highest BCUT2D eigenvalue weighted by molar-refractivity contribution is 7.12. The summed E-state index contributed by atoms with van der Waals surface area (Å²) in [5.74, 6) is 0. The van der Waals surface area contributed by atoms with Crippen LogP contribution in [0.5, 0.6) is 0 Å². The second-order valence-corrected chi connectivity index (χ2v) is 9.87. The summed E-state index contributed by atoms with van der Waals surface area (Å²) in [6.45, 7) is 9.80. The predicted molar refractivity (Wildman–Crippen MR) is 115 cm³/mol. The van der Waals surface area contributed by atoms with Crippen LogP contribution in [0.4, 0.5) is 0 Å². The highest BCUT2D eigenvalue weighted by Gasteiger charge is 2.44. The Labute approximate surface area is 177 Å². The molecule has 2 aromatic heterocycles. The van der Waals surface area contributed by atoms with Crippen LogP contribution < -0.4 is 0 Å². The number of fused-ring (bicyclic) bond motifs is 2. The number of piperidine rings is 1. The van der Waals surface area contributed by atoms with Crippen molar-refractivity contribution in [3.8, 4) is 0 Å². The zero-order valence-corrected chi connectivity index (χ0v) is 18.7. The Morgan fingerprint density at radius 3 is 3.03 bits per heavy atom. The molecule has 29 heavy (non-hydrogen) atoms. The molecule has 4 heterocycles. The van der Waals surface area contributed by atoms with Crippen LogP contribution in [0.2, 0.25) is 0 Å². The third-order valence-electron chi connectivity index (χ3n) is 6.43. The van der Waals surface area contributed by atoms with E-state index in [1.165, 1.54) is 10.4 Å². The Morgan fingerprint density at radius 2 is 2.28 bits per heavy atom. The van der Waals surface area contributed by atoms with Gasteiger partial charge in [-0.05, 0) is 44.2 Å². The molecule has 6 nitrogen and oxygen atoms in total. The quantitative estimate of drug-likeness (QED) is 0.745. The molecule has 0 radical (unpaired) electrons. The number of likely N-dealkylation sites (tertiary alicyclic amines) is 1. The summed E-state index contributed by atoms with van der Waals surface area (Å²) in [6, 6.07) is 2.84. The van der Waals surface area contributed by atoms with Gasteiger partial charge in [0.1, 0.15) is 0 Å². The number of ether oxygens (including phenoxy) is 1. The van der Waals surface area contributed by atoms with E-state index in [2.05, 4.69) is 42.0 Å². The van der Waals surface area contributed by atoms with Gasteiger partial charge in [0.25, 0.3) is 0 Å². The molecule has 7 heteroatoms. The number of aliphatic hydroxyl groups excluding tert-OH is 1. The Bertz CT molecular complexity index is 820. The number of aliphatic hydroxyl groups is 1. The van der Waals surface area contributed by atoms with E-state index >= 15 is 0 Å². The lowest BCUT2D eigenvalue weighted by atomic mass is 9.79. The van der Waals surface area contributed by atoms with Crippen LogP contribution in [0.25, 0.3) is 0 Å². The van der Waals surface area contributed by atoms with Crippen molar-refractivity contribution >= 4 is 11.3 Å². The van der Waals surface area contributed by atoms with Crippen molar-refractivity contribution < 1.29 is 9.84 Å². The average Bonchev–Trinajstić information content (AvgIpc) is 3.32. The molecule has 1 N–H and O–H groups in total. The minimum Gasteiger partial charge on any atom is -0.391 e. The number of aryl methyl sites for hydroxylation is 1. The Kier molecular flexibility index (Phi) is 6.39. The molecular weight excluding hydrogens is 384 g/mol. The second kappa shape index (κ2) is 8.84. The fourth-order valence-corrected chi connectivity index (χ4v) is 6.04. The Morgan fingerprint density at radius 1 is 1.41 bits per heavy atom. The summed E-state index contributed by atoms with van der Waals surface area (Å²) < 4.78 is 8.23. The maximum atomic E-state index is 10.0.